The van der Waals surface area contributed by atoms with Crippen molar-refractivity contribution in [2.45, 2.75) is 37.9 Å². The molecule has 0 saturated heterocycles. The summed E-state index contributed by atoms with van der Waals surface area (Å²) in [5, 5.41) is 0. The number of nitrogens with two attached hydrogens (primary N) is 1. The van der Waals surface area contributed by atoms with Gasteiger partial charge in [0, 0.05) is 13.5 Å². The van der Waals surface area contributed by atoms with Crippen LogP contribution in [0.15, 0.2) is 24.3 Å². The van der Waals surface area contributed by atoms with Crippen molar-refractivity contribution < 1.29 is 9.47 Å². The molecule has 98 valence electrons. The molecule has 18 heavy (non-hydrogen) atoms. The van der Waals surface area contributed by atoms with Crippen molar-refractivity contribution in [3.63, 3.8) is 0 Å². The van der Waals surface area contributed by atoms with E-state index in [9.17, 15) is 0 Å². The summed E-state index contributed by atoms with van der Waals surface area (Å²) in [6.07, 6.45) is 4.75. The number of ether oxygens (including phenoxy) is 2. The SMILES string of the molecule is COC1CCCC(Oc2ccccc2C(N)=S)C1. The van der Waals surface area contributed by atoms with Gasteiger partial charge in [0.15, 0.2) is 0 Å². The molecule has 2 atom stereocenters. The van der Waals surface area contributed by atoms with Gasteiger partial charge in [-0.25, -0.2) is 0 Å². The molecule has 1 aromatic rings. The first-order valence-electron chi connectivity index (χ1n) is 6.29. The Balaban J connectivity index is 2.07. The highest BCUT2D eigenvalue weighted by atomic mass is 32.1. The summed E-state index contributed by atoms with van der Waals surface area (Å²) in [5.74, 6) is 0.784. The Morgan fingerprint density at radius 1 is 1.28 bits per heavy atom. The third-order valence-electron chi connectivity index (χ3n) is 3.36. The molecular weight excluding hydrogens is 246 g/mol. The van der Waals surface area contributed by atoms with Gasteiger partial charge in [-0.15, -0.1) is 0 Å². The summed E-state index contributed by atoms with van der Waals surface area (Å²) in [6, 6.07) is 7.67. The molecule has 4 heteroatoms. The van der Waals surface area contributed by atoms with Crippen molar-refractivity contribution in [3.8, 4) is 5.75 Å². The fourth-order valence-electron chi connectivity index (χ4n) is 2.38. The largest absolute Gasteiger partial charge is 0.490 e. The lowest BCUT2D eigenvalue weighted by Crippen LogP contribution is -2.30. The second kappa shape index (κ2) is 6.16. The van der Waals surface area contributed by atoms with Gasteiger partial charge in [0.05, 0.1) is 11.7 Å². The smallest absolute Gasteiger partial charge is 0.129 e. The fraction of sp³-hybridized carbons (Fsp3) is 0.500. The second-order valence-corrected chi connectivity index (χ2v) is 5.06. The van der Waals surface area contributed by atoms with E-state index >= 15 is 0 Å². The fourth-order valence-corrected chi connectivity index (χ4v) is 2.54. The molecule has 0 aliphatic heterocycles. The lowest BCUT2D eigenvalue weighted by atomic mass is 9.95. The molecule has 0 radical (unpaired) electrons. The predicted molar refractivity (Wildman–Crippen MR) is 76.0 cm³/mol. The number of methoxy groups -OCH3 is 1. The van der Waals surface area contributed by atoms with Crippen LogP contribution in [-0.4, -0.2) is 24.3 Å². The van der Waals surface area contributed by atoms with Gasteiger partial charge >= 0.3 is 0 Å². The van der Waals surface area contributed by atoms with E-state index in [1.807, 2.05) is 24.3 Å². The summed E-state index contributed by atoms with van der Waals surface area (Å²) < 4.78 is 11.4. The van der Waals surface area contributed by atoms with E-state index in [0.717, 1.165) is 37.0 Å². The lowest BCUT2D eigenvalue weighted by molar-refractivity contribution is 0.0209. The van der Waals surface area contributed by atoms with E-state index in [4.69, 9.17) is 27.4 Å². The molecule has 2 rings (SSSR count). The van der Waals surface area contributed by atoms with Gasteiger partial charge < -0.3 is 15.2 Å². The van der Waals surface area contributed by atoms with Gasteiger partial charge in [-0.2, -0.15) is 0 Å². The van der Waals surface area contributed by atoms with Crippen LogP contribution in [0.5, 0.6) is 5.75 Å². The maximum atomic E-state index is 6.03. The predicted octanol–water partition coefficient (Wildman–Crippen LogP) is 2.66. The minimum absolute atomic E-state index is 0.194. The maximum Gasteiger partial charge on any atom is 0.129 e. The number of hydrogen-bond acceptors (Lipinski definition) is 3. The van der Waals surface area contributed by atoms with Gasteiger partial charge in [0.1, 0.15) is 16.8 Å². The van der Waals surface area contributed by atoms with Crippen molar-refractivity contribution in [1.82, 2.24) is 0 Å². The Morgan fingerprint density at radius 2 is 2.00 bits per heavy atom. The molecule has 0 amide bonds. The average Bonchev–Trinajstić information content (AvgIpc) is 2.39. The van der Waals surface area contributed by atoms with Gasteiger partial charge in [-0.1, -0.05) is 24.4 Å². The molecule has 1 saturated carbocycles. The van der Waals surface area contributed by atoms with Gasteiger partial charge in [0.2, 0.25) is 0 Å². The second-order valence-electron chi connectivity index (χ2n) is 4.62. The number of para-hydroxylation sites is 1. The van der Waals surface area contributed by atoms with Crippen molar-refractivity contribution in [2.75, 3.05) is 7.11 Å². The molecule has 3 nitrogen and oxygen atoms in total. The van der Waals surface area contributed by atoms with E-state index in [-0.39, 0.29) is 6.10 Å². The monoisotopic (exact) mass is 265 g/mol. The molecular formula is C14H19NO2S. The summed E-state index contributed by atoms with van der Waals surface area (Å²) >= 11 is 5.04. The molecule has 1 fully saturated rings. The van der Waals surface area contributed by atoms with E-state index in [2.05, 4.69) is 0 Å². The Labute approximate surface area is 113 Å². The van der Waals surface area contributed by atoms with Crippen molar-refractivity contribution in [2.24, 2.45) is 5.73 Å². The molecule has 2 unspecified atom stereocenters. The molecule has 1 aromatic carbocycles. The normalized spacial score (nSPS) is 23.6. The summed E-state index contributed by atoms with van der Waals surface area (Å²) in [6.45, 7) is 0. The van der Waals surface area contributed by atoms with Gasteiger partial charge in [-0.05, 0) is 31.4 Å². The van der Waals surface area contributed by atoms with E-state index < -0.39 is 0 Å². The standard InChI is InChI=1S/C14H19NO2S/c1-16-10-5-4-6-11(9-10)17-13-8-3-2-7-12(13)14(15)18/h2-3,7-8,10-11H,4-6,9H2,1H3,(H2,15,18). The van der Waals surface area contributed by atoms with Crippen LogP contribution in [-0.2, 0) is 4.74 Å². The Hall–Kier alpha value is -1.13. The van der Waals surface area contributed by atoms with E-state index in [1.165, 1.54) is 0 Å². The maximum absolute atomic E-state index is 6.03. The van der Waals surface area contributed by atoms with Crippen LogP contribution in [0.4, 0.5) is 0 Å². The molecule has 0 heterocycles. The molecule has 0 bridgehead atoms. The Bertz CT molecular complexity index is 422. The molecule has 0 aromatic heterocycles. The lowest BCUT2D eigenvalue weighted by Gasteiger charge is -2.29. The summed E-state index contributed by atoms with van der Waals surface area (Å²) in [5.41, 5.74) is 6.51. The van der Waals surface area contributed by atoms with Crippen LogP contribution in [0.25, 0.3) is 0 Å². The third-order valence-corrected chi connectivity index (χ3v) is 3.58. The Morgan fingerprint density at radius 3 is 2.72 bits per heavy atom. The van der Waals surface area contributed by atoms with E-state index in [1.54, 1.807) is 7.11 Å². The number of hydrogen-bond donors (Lipinski definition) is 1. The van der Waals surface area contributed by atoms with Gasteiger partial charge in [-0.3, -0.25) is 0 Å². The van der Waals surface area contributed by atoms with Crippen LogP contribution in [0.2, 0.25) is 0 Å². The Kier molecular flexibility index (Phi) is 4.55. The van der Waals surface area contributed by atoms with Crippen LogP contribution >= 0.6 is 12.2 Å². The van der Waals surface area contributed by atoms with Crippen LogP contribution in [0.1, 0.15) is 31.2 Å². The topological polar surface area (TPSA) is 44.5 Å². The van der Waals surface area contributed by atoms with E-state index in [0.29, 0.717) is 11.1 Å². The summed E-state index contributed by atoms with van der Waals surface area (Å²) in [7, 11) is 1.76. The highest BCUT2D eigenvalue weighted by Gasteiger charge is 2.23. The molecule has 1 aliphatic rings. The van der Waals surface area contributed by atoms with Crippen molar-refractivity contribution >= 4 is 17.2 Å². The quantitative estimate of drug-likeness (QED) is 0.850. The summed E-state index contributed by atoms with van der Waals surface area (Å²) in [4.78, 5) is 0.379. The highest BCUT2D eigenvalue weighted by molar-refractivity contribution is 7.80. The number of thiocarbonyl (C=S) groups is 1. The number of rotatable bonds is 4. The zero-order valence-electron chi connectivity index (χ0n) is 10.6. The average molecular weight is 265 g/mol. The minimum Gasteiger partial charge on any atom is -0.490 e. The van der Waals surface area contributed by atoms with Gasteiger partial charge in [0.25, 0.3) is 0 Å². The van der Waals surface area contributed by atoms with Crippen LogP contribution < -0.4 is 10.5 Å². The van der Waals surface area contributed by atoms with Crippen LogP contribution in [0, 0.1) is 0 Å². The third kappa shape index (κ3) is 3.21. The first-order valence-corrected chi connectivity index (χ1v) is 6.70. The van der Waals surface area contributed by atoms with Crippen molar-refractivity contribution in [3.05, 3.63) is 29.8 Å². The van der Waals surface area contributed by atoms with Crippen LogP contribution in [0.3, 0.4) is 0 Å². The van der Waals surface area contributed by atoms with Crippen molar-refractivity contribution in [1.29, 1.82) is 0 Å². The minimum atomic E-state index is 0.194. The zero-order valence-corrected chi connectivity index (χ0v) is 11.4. The molecule has 0 spiro atoms. The number of benzene rings is 1. The zero-order chi connectivity index (χ0) is 13.0. The first-order chi connectivity index (χ1) is 8.70. The highest BCUT2D eigenvalue weighted by Crippen LogP contribution is 2.27. The molecule has 1 aliphatic carbocycles. The molecule has 2 N–H and O–H groups in total. The first kappa shape index (κ1) is 13.3.